The van der Waals surface area contributed by atoms with Gasteiger partial charge in [-0.05, 0) is 25.1 Å². The van der Waals surface area contributed by atoms with E-state index >= 15 is 0 Å². The molecule has 0 bridgehead atoms. The van der Waals surface area contributed by atoms with Crippen molar-refractivity contribution in [3.05, 3.63) is 65.0 Å². The maximum atomic E-state index is 13.8. The third-order valence-corrected chi connectivity index (χ3v) is 2.73. The Morgan fingerprint density at radius 2 is 1.89 bits per heavy atom. The highest BCUT2D eigenvalue weighted by molar-refractivity contribution is 5.45. The zero-order valence-corrected chi connectivity index (χ0v) is 10.1. The van der Waals surface area contributed by atoms with Gasteiger partial charge in [-0.25, -0.2) is 4.39 Å². The molecular formula is C15H13FN2. The van der Waals surface area contributed by atoms with Crippen LogP contribution in [0.25, 0.3) is 0 Å². The average molecular weight is 240 g/mol. The summed E-state index contributed by atoms with van der Waals surface area (Å²) < 4.78 is 13.8. The van der Waals surface area contributed by atoms with E-state index in [1.807, 2.05) is 37.3 Å². The standard InChI is InChI=1S/C15H13FN2/c1-11-5-7-14(8-6-11)18-10-13-4-2-3-12(9-17)15(13)16/h2-8,18H,10H2,1H3. The number of halogens is 1. The summed E-state index contributed by atoms with van der Waals surface area (Å²) in [5.41, 5.74) is 2.69. The van der Waals surface area contributed by atoms with Gasteiger partial charge in [0, 0.05) is 17.8 Å². The molecule has 1 N–H and O–H groups in total. The zero-order valence-electron chi connectivity index (χ0n) is 10.1. The lowest BCUT2D eigenvalue weighted by Gasteiger charge is -2.08. The fraction of sp³-hybridized carbons (Fsp3) is 0.133. The normalized spacial score (nSPS) is 9.83. The van der Waals surface area contributed by atoms with Crippen molar-refractivity contribution in [2.45, 2.75) is 13.5 Å². The molecule has 0 spiro atoms. The number of nitrogens with one attached hydrogen (secondary N) is 1. The summed E-state index contributed by atoms with van der Waals surface area (Å²) in [6, 6.07) is 14.6. The smallest absolute Gasteiger partial charge is 0.145 e. The molecule has 0 aliphatic heterocycles. The van der Waals surface area contributed by atoms with Gasteiger partial charge in [-0.3, -0.25) is 0 Å². The van der Waals surface area contributed by atoms with Crippen LogP contribution in [0.3, 0.4) is 0 Å². The van der Waals surface area contributed by atoms with Crippen LogP contribution in [-0.4, -0.2) is 0 Å². The summed E-state index contributed by atoms with van der Waals surface area (Å²) in [6.07, 6.45) is 0. The van der Waals surface area contributed by atoms with Crippen LogP contribution in [0.5, 0.6) is 0 Å². The van der Waals surface area contributed by atoms with Gasteiger partial charge in [0.05, 0.1) is 5.56 Å². The molecule has 3 heteroatoms. The van der Waals surface area contributed by atoms with Gasteiger partial charge in [-0.1, -0.05) is 29.8 Å². The lowest BCUT2D eigenvalue weighted by Crippen LogP contribution is -2.03. The molecule has 2 rings (SSSR count). The minimum absolute atomic E-state index is 0.0817. The molecule has 2 aromatic rings. The second-order valence-electron chi connectivity index (χ2n) is 4.11. The molecule has 18 heavy (non-hydrogen) atoms. The first-order chi connectivity index (χ1) is 8.70. The lowest BCUT2D eigenvalue weighted by molar-refractivity contribution is 0.609. The van der Waals surface area contributed by atoms with Gasteiger partial charge in [-0.15, -0.1) is 0 Å². The summed E-state index contributed by atoms with van der Waals surface area (Å²) in [5.74, 6) is -0.445. The third kappa shape index (κ3) is 2.67. The van der Waals surface area contributed by atoms with Crippen molar-refractivity contribution in [1.82, 2.24) is 0 Å². The number of hydrogen-bond donors (Lipinski definition) is 1. The highest BCUT2D eigenvalue weighted by Gasteiger charge is 2.06. The van der Waals surface area contributed by atoms with Crippen molar-refractivity contribution < 1.29 is 4.39 Å². The molecule has 0 saturated carbocycles. The summed E-state index contributed by atoms with van der Waals surface area (Å²) in [7, 11) is 0. The van der Waals surface area contributed by atoms with Gasteiger partial charge in [0.25, 0.3) is 0 Å². The predicted octanol–water partition coefficient (Wildman–Crippen LogP) is 3.62. The Labute approximate surface area is 106 Å². The van der Waals surface area contributed by atoms with Gasteiger partial charge in [-0.2, -0.15) is 5.26 Å². The van der Waals surface area contributed by atoms with Gasteiger partial charge >= 0.3 is 0 Å². The SMILES string of the molecule is Cc1ccc(NCc2cccc(C#N)c2F)cc1. The van der Waals surface area contributed by atoms with E-state index < -0.39 is 5.82 Å². The Kier molecular flexibility index (Phi) is 3.59. The summed E-state index contributed by atoms with van der Waals surface area (Å²) >= 11 is 0. The van der Waals surface area contributed by atoms with Crippen LogP contribution in [0.4, 0.5) is 10.1 Å². The van der Waals surface area contributed by atoms with E-state index in [0.29, 0.717) is 12.1 Å². The van der Waals surface area contributed by atoms with Crippen LogP contribution in [0.15, 0.2) is 42.5 Å². The number of hydrogen-bond acceptors (Lipinski definition) is 2. The van der Waals surface area contributed by atoms with Crippen LogP contribution >= 0.6 is 0 Å². The third-order valence-electron chi connectivity index (χ3n) is 2.73. The molecule has 0 unspecified atom stereocenters. The molecule has 0 aliphatic carbocycles. The largest absolute Gasteiger partial charge is 0.381 e. The van der Waals surface area contributed by atoms with Crippen LogP contribution in [0, 0.1) is 24.1 Å². The molecule has 2 nitrogen and oxygen atoms in total. The molecule has 0 heterocycles. The fourth-order valence-electron chi connectivity index (χ4n) is 1.67. The first-order valence-electron chi connectivity index (χ1n) is 5.69. The minimum Gasteiger partial charge on any atom is -0.381 e. The van der Waals surface area contributed by atoms with Crippen LogP contribution in [-0.2, 0) is 6.54 Å². The highest BCUT2D eigenvalue weighted by atomic mass is 19.1. The molecular weight excluding hydrogens is 227 g/mol. The second-order valence-corrected chi connectivity index (χ2v) is 4.11. The molecule has 0 amide bonds. The molecule has 0 aliphatic rings. The number of aryl methyl sites for hydroxylation is 1. The lowest BCUT2D eigenvalue weighted by atomic mass is 10.1. The number of nitriles is 1. The maximum Gasteiger partial charge on any atom is 0.145 e. The van der Waals surface area contributed by atoms with Gasteiger partial charge in [0.2, 0.25) is 0 Å². The van der Waals surface area contributed by atoms with Crippen molar-refractivity contribution in [2.24, 2.45) is 0 Å². The van der Waals surface area contributed by atoms with E-state index in [1.54, 1.807) is 12.1 Å². The van der Waals surface area contributed by atoms with Crippen molar-refractivity contribution in [2.75, 3.05) is 5.32 Å². The highest BCUT2D eigenvalue weighted by Crippen LogP contribution is 2.15. The predicted molar refractivity (Wildman–Crippen MR) is 69.6 cm³/mol. The Morgan fingerprint density at radius 1 is 1.17 bits per heavy atom. The van der Waals surface area contributed by atoms with E-state index in [0.717, 1.165) is 5.69 Å². The number of benzene rings is 2. The van der Waals surface area contributed by atoms with E-state index in [1.165, 1.54) is 11.6 Å². The fourth-order valence-corrected chi connectivity index (χ4v) is 1.67. The first kappa shape index (κ1) is 12.1. The topological polar surface area (TPSA) is 35.8 Å². The Bertz CT molecular complexity index is 582. The molecule has 0 saturated heterocycles. The van der Waals surface area contributed by atoms with E-state index in [4.69, 9.17) is 5.26 Å². The Morgan fingerprint density at radius 3 is 2.56 bits per heavy atom. The van der Waals surface area contributed by atoms with Crippen LogP contribution in [0.1, 0.15) is 16.7 Å². The van der Waals surface area contributed by atoms with Crippen molar-refractivity contribution in [3.8, 4) is 6.07 Å². The first-order valence-corrected chi connectivity index (χ1v) is 5.69. The molecule has 2 aromatic carbocycles. The summed E-state index contributed by atoms with van der Waals surface area (Å²) in [6.45, 7) is 2.38. The summed E-state index contributed by atoms with van der Waals surface area (Å²) in [4.78, 5) is 0. The van der Waals surface area contributed by atoms with Crippen molar-refractivity contribution >= 4 is 5.69 Å². The average Bonchev–Trinajstić information content (AvgIpc) is 2.39. The molecule has 0 atom stereocenters. The van der Waals surface area contributed by atoms with E-state index in [2.05, 4.69) is 5.32 Å². The Hall–Kier alpha value is -2.34. The quantitative estimate of drug-likeness (QED) is 0.889. The monoisotopic (exact) mass is 240 g/mol. The number of nitrogens with zero attached hydrogens (tertiary/aromatic N) is 1. The molecule has 0 aromatic heterocycles. The Balaban J connectivity index is 2.11. The van der Waals surface area contributed by atoms with Gasteiger partial charge in [0.1, 0.15) is 11.9 Å². The summed E-state index contributed by atoms with van der Waals surface area (Å²) in [5, 5.41) is 11.9. The van der Waals surface area contributed by atoms with E-state index in [-0.39, 0.29) is 5.56 Å². The van der Waals surface area contributed by atoms with E-state index in [9.17, 15) is 4.39 Å². The zero-order chi connectivity index (χ0) is 13.0. The van der Waals surface area contributed by atoms with Gasteiger partial charge in [0.15, 0.2) is 0 Å². The number of rotatable bonds is 3. The molecule has 0 radical (unpaired) electrons. The van der Waals surface area contributed by atoms with Gasteiger partial charge < -0.3 is 5.32 Å². The second kappa shape index (κ2) is 5.33. The number of anilines is 1. The van der Waals surface area contributed by atoms with Crippen molar-refractivity contribution in [1.29, 1.82) is 5.26 Å². The van der Waals surface area contributed by atoms with Crippen molar-refractivity contribution in [3.63, 3.8) is 0 Å². The minimum atomic E-state index is -0.445. The van der Waals surface area contributed by atoms with Crippen LogP contribution in [0.2, 0.25) is 0 Å². The van der Waals surface area contributed by atoms with Crippen LogP contribution < -0.4 is 5.32 Å². The molecule has 0 fully saturated rings. The maximum absolute atomic E-state index is 13.8. The molecule has 90 valence electrons.